The second-order valence-corrected chi connectivity index (χ2v) is 1.27. The van der Waals surface area contributed by atoms with E-state index in [1.165, 1.54) is 6.92 Å². The van der Waals surface area contributed by atoms with Crippen LogP contribution in [0.25, 0.3) is 0 Å². The molecule has 0 unspecified atom stereocenters. The zero-order valence-corrected chi connectivity index (χ0v) is 7.84. The van der Waals surface area contributed by atoms with Gasteiger partial charge in [0.2, 0.25) is 0 Å². The van der Waals surface area contributed by atoms with Crippen molar-refractivity contribution in [1.29, 1.82) is 0 Å². The second-order valence-electron chi connectivity index (χ2n) is 1.27. The van der Waals surface area contributed by atoms with Crippen molar-refractivity contribution in [2.75, 3.05) is 0 Å². The van der Waals surface area contributed by atoms with Crippen LogP contribution in [0.5, 0.6) is 0 Å². The molecule has 0 aromatic carbocycles. The summed E-state index contributed by atoms with van der Waals surface area (Å²) in [4.78, 5) is 19.5. The van der Waals surface area contributed by atoms with Crippen molar-refractivity contribution in [2.45, 2.75) is 13.3 Å². The first kappa shape index (κ1) is 10.9. The minimum Gasteiger partial charge on any atom is -0.481 e. The Hall–Kier alpha value is 0.0101. The van der Waals surface area contributed by atoms with Crippen LogP contribution >= 0.6 is 0 Å². The molecule has 0 heterocycles. The molecule has 0 fully saturated rings. The largest absolute Gasteiger partial charge is 0.481 e. The van der Waals surface area contributed by atoms with Crippen LogP contribution in [0.3, 0.4) is 0 Å². The van der Waals surface area contributed by atoms with E-state index in [0.29, 0.717) is 0 Å². The van der Waals surface area contributed by atoms with Crippen LogP contribution in [0.1, 0.15) is 13.3 Å². The van der Waals surface area contributed by atoms with Crippen LogP contribution < -0.4 is 0 Å². The predicted octanol–water partition coefficient (Wildman–Crippen LogP) is -0.331. The Bertz CT molecular complexity index is 87.5. The molecule has 0 aliphatic rings. The summed E-state index contributed by atoms with van der Waals surface area (Å²) in [5, 5.41) is 7.86. The summed E-state index contributed by atoms with van der Waals surface area (Å²) < 4.78 is 0. The van der Waals surface area contributed by atoms with Gasteiger partial charge in [0.1, 0.15) is 12.2 Å². The van der Waals surface area contributed by atoms with Crippen molar-refractivity contribution >= 4 is 37.6 Å². The maximum Gasteiger partial charge on any atom is 0.310 e. The summed E-state index contributed by atoms with van der Waals surface area (Å²) in [6.07, 6.45) is -0.361. The second kappa shape index (κ2) is 5.15. The Labute approximate surface area is 65.9 Å². The Kier molecular flexibility index (Phi) is 7.02. The van der Waals surface area contributed by atoms with Crippen molar-refractivity contribution in [1.82, 2.24) is 0 Å². The van der Waals surface area contributed by atoms with Gasteiger partial charge in [-0.3, -0.25) is 9.59 Å². The molecule has 1 N–H and O–H groups in total. The standard InChI is InChI=1S/C4H6O3.In/c1-3(5)2-4(6)7;/h2H2,1H3,(H,6,7);. The third-order valence-electron chi connectivity index (χ3n) is 0.400. The van der Waals surface area contributed by atoms with Gasteiger partial charge in [-0.15, -0.1) is 0 Å². The zero-order valence-electron chi connectivity index (χ0n) is 4.55. The van der Waals surface area contributed by atoms with Gasteiger partial charge in [-0.2, -0.15) is 0 Å². The minimum atomic E-state index is -1.06. The Morgan fingerprint density at radius 2 is 1.88 bits per heavy atom. The van der Waals surface area contributed by atoms with Crippen LogP contribution in [-0.4, -0.2) is 42.7 Å². The van der Waals surface area contributed by atoms with Gasteiger partial charge in [0.05, 0.1) is 0 Å². The summed E-state index contributed by atoms with van der Waals surface area (Å²) in [7, 11) is 0. The van der Waals surface area contributed by atoms with Crippen molar-refractivity contribution < 1.29 is 14.7 Å². The van der Waals surface area contributed by atoms with E-state index in [-0.39, 0.29) is 38.0 Å². The first-order valence-electron chi connectivity index (χ1n) is 1.84. The van der Waals surface area contributed by atoms with E-state index in [0.717, 1.165) is 0 Å². The minimum absolute atomic E-state index is 0. The molecule has 43 valence electrons. The fraction of sp³-hybridized carbons (Fsp3) is 0.500. The van der Waals surface area contributed by atoms with E-state index >= 15 is 0 Å². The first-order chi connectivity index (χ1) is 3.13. The van der Waals surface area contributed by atoms with E-state index in [2.05, 4.69) is 0 Å². The molecule has 8 heavy (non-hydrogen) atoms. The van der Waals surface area contributed by atoms with Gasteiger partial charge in [0.15, 0.2) is 0 Å². The number of ketones is 1. The fourth-order valence-corrected chi connectivity index (χ4v) is 0.213. The van der Waals surface area contributed by atoms with Crippen LogP contribution in [0.15, 0.2) is 0 Å². The maximum absolute atomic E-state index is 9.87. The molecule has 0 aromatic heterocycles. The zero-order chi connectivity index (χ0) is 5.86. The molecular weight excluding hydrogens is 211 g/mol. The number of Topliss-reactive ketones (excluding diaryl/α,β-unsaturated/α-hetero) is 1. The van der Waals surface area contributed by atoms with Gasteiger partial charge < -0.3 is 5.11 Å². The van der Waals surface area contributed by atoms with E-state index in [1.807, 2.05) is 0 Å². The predicted molar refractivity (Wildman–Crippen MR) is 28.7 cm³/mol. The van der Waals surface area contributed by atoms with Gasteiger partial charge in [0, 0.05) is 25.8 Å². The number of carboxylic acid groups (broad SMARTS) is 1. The average molecular weight is 217 g/mol. The number of aliphatic carboxylic acids is 1. The molecule has 0 bridgehead atoms. The summed E-state index contributed by atoms with van der Waals surface area (Å²) in [6, 6.07) is 0. The molecule has 4 heteroatoms. The number of carbonyl (C=O) groups excluding carboxylic acids is 1. The Morgan fingerprint density at radius 3 is 1.88 bits per heavy atom. The molecule has 0 rings (SSSR count). The van der Waals surface area contributed by atoms with Crippen molar-refractivity contribution in [2.24, 2.45) is 0 Å². The molecule has 0 saturated heterocycles. The molecule has 0 saturated carbocycles. The molecule has 3 radical (unpaired) electrons. The smallest absolute Gasteiger partial charge is 0.310 e. The molecule has 0 spiro atoms. The molecule has 0 amide bonds. The first-order valence-corrected chi connectivity index (χ1v) is 1.84. The number of rotatable bonds is 2. The quantitative estimate of drug-likeness (QED) is 0.644. The normalized spacial score (nSPS) is 7.12. The Balaban J connectivity index is 0. The van der Waals surface area contributed by atoms with Gasteiger partial charge in [-0.25, -0.2) is 0 Å². The van der Waals surface area contributed by atoms with E-state index in [1.54, 1.807) is 0 Å². The molecule has 0 atom stereocenters. The van der Waals surface area contributed by atoms with Gasteiger partial charge in [-0.05, 0) is 6.92 Å². The van der Waals surface area contributed by atoms with Crippen LogP contribution in [0, 0.1) is 0 Å². The molecule has 3 nitrogen and oxygen atoms in total. The van der Waals surface area contributed by atoms with Crippen LogP contribution in [-0.2, 0) is 9.59 Å². The van der Waals surface area contributed by atoms with Gasteiger partial charge in [-0.1, -0.05) is 0 Å². The molecule has 0 aliphatic heterocycles. The summed E-state index contributed by atoms with van der Waals surface area (Å²) >= 11 is 0. The Morgan fingerprint density at radius 1 is 1.50 bits per heavy atom. The molecule has 0 aromatic rings. The SMILES string of the molecule is CC(=O)CC(=O)O.[In]. The van der Waals surface area contributed by atoms with E-state index in [9.17, 15) is 9.59 Å². The van der Waals surface area contributed by atoms with Crippen LogP contribution in [0.2, 0.25) is 0 Å². The van der Waals surface area contributed by atoms with Gasteiger partial charge >= 0.3 is 5.97 Å². The topological polar surface area (TPSA) is 54.4 Å². The third-order valence-corrected chi connectivity index (χ3v) is 0.400. The number of carboxylic acids is 1. The van der Waals surface area contributed by atoms with Crippen molar-refractivity contribution in [3.63, 3.8) is 0 Å². The summed E-state index contributed by atoms with van der Waals surface area (Å²) in [6.45, 7) is 1.24. The maximum atomic E-state index is 9.87. The molecular formula is C4H6InO3. The fourth-order valence-electron chi connectivity index (χ4n) is 0.213. The number of carbonyl (C=O) groups is 2. The summed E-state index contributed by atoms with van der Waals surface area (Å²) in [5.41, 5.74) is 0. The van der Waals surface area contributed by atoms with E-state index < -0.39 is 5.97 Å². The van der Waals surface area contributed by atoms with Crippen LogP contribution in [0.4, 0.5) is 0 Å². The van der Waals surface area contributed by atoms with E-state index in [4.69, 9.17) is 5.11 Å². The molecule has 0 aliphatic carbocycles. The average Bonchev–Trinajstić information content (AvgIpc) is 1.27. The third kappa shape index (κ3) is 9.38. The van der Waals surface area contributed by atoms with Crippen molar-refractivity contribution in [3.05, 3.63) is 0 Å². The number of hydrogen-bond acceptors (Lipinski definition) is 2. The monoisotopic (exact) mass is 217 g/mol. The van der Waals surface area contributed by atoms with Crippen molar-refractivity contribution in [3.8, 4) is 0 Å². The number of hydrogen-bond donors (Lipinski definition) is 1. The van der Waals surface area contributed by atoms with Gasteiger partial charge in [0.25, 0.3) is 0 Å². The summed E-state index contributed by atoms with van der Waals surface area (Å²) in [5.74, 6) is -1.37.